The van der Waals surface area contributed by atoms with Crippen molar-refractivity contribution in [1.82, 2.24) is 4.98 Å². The molecule has 0 radical (unpaired) electrons. The lowest BCUT2D eigenvalue weighted by Crippen LogP contribution is -2.01. The molecule has 2 rings (SSSR count). The maximum Gasteiger partial charge on any atom is 0.142 e. The van der Waals surface area contributed by atoms with Gasteiger partial charge in [0.05, 0.1) is 19.3 Å². The van der Waals surface area contributed by atoms with Crippen LogP contribution in [-0.2, 0) is 6.54 Å². The third-order valence-corrected chi connectivity index (χ3v) is 2.79. The molecule has 0 aliphatic rings. The van der Waals surface area contributed by atoms with E-state index >= 15 is 0 Å². The number of H-pyrrole nitrogens is 1. The summed E-state index contributed by atoms with van der Waals surface area (Å²) in [7, 11) is 1.67. The molecule has 4 heteroatoms. The fourth-order valence-corrected chi connectivity index (χ4v) is 1.85. The van der Waals surface area contributed by atoms with E-state index in [0.717, 1.165) is 28.1 Å². The fourth-order valence-electron chi connectivity index (χ4n) is 1.49. The molecule has 0 saturated heterocycles. The summed E-state index contributed by atoms with van der Waals surface area (Å²) in [6.45, 7) is 0.750. The monoisotopic (exact) mass is 280 g/mol. The lowest BCUT2D eigenvalue weighted by Gasteiger charge is -2.10. The van der Waals surface area contributed by atoms with E-state index in [1.807, 2.05) is 36.5 Å². The van der Waals surface area contributed by atoms with Gasteiger partial charge in [-0.3, -0.25) is 0 Å². The van der Waals surface area contributed by atoms with Crippen molar-refractivity contribution in [1.29, 1.82) is 0 Å². The molecule has 0 atom stereocenters. The largest absolute Gasteiger partial charge is 0.495 e. The van der Waals surface area contributed by atoms with Gasteiger partial charge in [-0.05, 0) is 30.3 Å². The number of aromatic nitrogens is 1. The minimum Gasteiger partial charge on any atom is -0.495 e. The Morgan fingerprint density at radius 3 is 2.94 bits per heavy atom. The molecule has 0 saturated carbocycles. The molecule has 84 valence electrons. The third-order valence-electron chi connectivity index (χ3n) is 2.29. The van der Waals surface area contributed by atoms with Gasteiger partial charge < -0.3 is 15.0 Å². The van der Waals surface area contributed by atoms with E-state index in [1.54, 1.807) is 7.11 Å². The summed E-state index contributed by atoms with van der Waals surface area (Å²) in [6.07, 6.45) is 1.91. The van der Waals surface area contributed by atoms with Crippen LogP contribution in [0.2, 0.25) is 0 Å². The summed E-state index contributed by atoms with van der Waals surface area (Å²) < 4.78 is 6.31. The van der Waals surface area contributed by atoms with Crippen LogP contribution in [0.15, 0.2) is 41.0 Å². The van der Waals surface area contributed by atoms with E-state index in [1.165, 1.54) is 0 Å². The summed E-state index contributed by atoms with van der Waals surface area (Å²) in [4.78, 5) is 3.14. The number of halogens is 1. The minimum atomic E-state index is 0.750. The van der Waals surface area contributed by atoms with Gasteiger partial charge in [-0.1, -0.05) is 15.9 Å². The summed E-state index contributed by atoms with van der Waals surface area (Å²) >= 11 is 3.44. The molecule has 0 spiro atoms. The zero-order chi connectivity index (χ0) is 11.4. The van der Waals surface area contributed by atoms with Crippen LogP contribution in [0.5, 0.6) is 5.75 Å². The Labute approximate surface area is 103 Å². The average molecular weight is 281 g/mol. The zero-order valence-electron chi connectivity index (χ0n) is 8.96. The fraction of sp³-hybridized carbons (Fsp3) is 0.167. The maximum atomic E-state index is 5.28. The van der Waals surface area contributed by atoms with Crippen molar-refractivity contribution in [2.75, 3.05) is 12.4 Å². The molecule has 1 heterocycles. The standard InChI is InChI=1S/C12H13BrN2O/c1-16-12-5-4-9(13)7-11(12)15-8-10-3-2-6-14-10/h2-7,14-15H,8H2,1H3. The summed E-state index contributed by atoms with van der Waals surface area (Å²) in [5.74, 6) is 0.842. The topological polar surface area (TPSA) is 37.0 Å². The van der Waals surface area contributed by atoms with Gasteiger partial charge in [-0.25, -0.2) is 0 Å². The third kappa shape index (κ3) is 2.58. The van der Waals surface area contributed by atoms with E-state index in [0.29, 0.717) is 0 Å². The smallest absolute Gasteiger partial charge is 0.142 e. The molecule has 0 fully saturated rings. The van der Waals surface area contributed by atoms with Gasteiger partial charge in [0.1, 0.15) is 5.75 Å². The number of ether oxygens (including phenoxy) is 1. The normalized spacial score (nSPS) is 10.1. The Kier molecular flexibility index (Phi) is 3.51. The van der Waals surface area contributed by atoms with E-state index in [-0.39, 0.29) is 0 Å². The SMILES string of the molecule is COc1ccc(Br)cc1NCc1ccc[nH]1. The van der Waals surface area contributed by atoms with Gasteiger partial charge in [-0.2, -0.15) is 0 Å². The molecule has 0 aliphatic carbocycles. The van der Waals surface area contributed by atoms with Crippen LogP contribution in [0, 0.1) is 0 Å². The van der Waals surface area contributed by atoms with Crippen molar-refractivity contribution < 1.29 is 4.74 Å². The Bertz CT molecular complexity index is 454. The first-order chi connectivity index (χ1) is 7.79. The lowest BCUT2D eigenvalue weighted by molar-refractivity contribution is 0.416. The van der Waals surface area contributed by atoms with Crippen LogP contribution in [0.4, 0.5) is 5.69 Å². The van der Waals surface area contributed by atoms with Crippen LogP contribution in [0.3, 0.4) is 0 Å². The van der Waals surface area contributed by atoms with Gasteiger partial charge in [0, 0.05) is 16.4 Å². The van der Waals surface area contributed by atoms with Crippen LogP contribution in [-0.4, -0.2) is 12.1 Å². The van der Waals surface area contributed by atoms with Crippen molar-refractivity contribution in [2.45, 2.75) is 6.54 Å². The summed E-state index contributed by atoms with van der Waals surface area (Å²) in [6, 6.07) is 9.91. The van der Waals surface area contributed by atoms with Gasteiger partial charge >= 0.3 is 0 Å². The molecule has 2 N–H and O–H groups in total. The highest BCUT2D eigenvalue weighted by molar-refractivity contribution is 9.10. The number of methoxy groups -OCH3 is 1. The first kappa shape index (κ1) is 11.1. The van der Waals surface area contributed by atoms with E-state index in [9.17, 15) is 0 Å². The molecule has 0 bridgehead atoms. The second-order valence-electron chi connectivity index (χ2n) is 3.39. The summed E-state index contributed by atoms with van der Waals surface area (Å²) in [5, 5.41) is 3.32. The Morgan fingerprint density at radius 1 is 1.38 bits per heavy atom. The molecule has 0 amide bonds. The highest BCUT2D eigenvalue weighted by atomic mass is 79.9. The predicted molar refractivity (Wildman–Crippen MR) is 68.8 cm³/mol. The van der Waals surface area contributed by atoms with Crippen molar-refractivity contribution in [3.05, 3.63) is 46.7 Å². The minimum absolute atomic E-state index is 0.750. The highest BCUT2D eigenvalue weighted by Gasteiger charge is 2.03. The second-order valence-corrected chi connectivity index (χ2v) is 4.31. The molecule has 2 aromatic rings. The summed E-state index contributed by atoms with van der Waals surface area (Å²) in [5.41, 5.74) is 2.12. The molecule has 3 nitrogen and oxygen atoms in total. The van der Waals surface area contributed by atoms with Crippen LogP contribution < -0.4 is 10.1 Å². The second kappa shape index (κ2) is 5.07. The van der Waals surface area contributed by atoms with Crippen molar-refractivity contribution in [2.24, 2.45) is 0 Å². The number of hydrogen-bond acceptors (Lipinski definition) is 2. The molecular formula is C12H13BrN2O. The van der Waals surface area contributed by atoms with E-state index in [2.05, 4.69) is 26.2 Å². The molecule has 1 aromatic heterocycles. The Morgan fingerprint density at radius 2 is 2.25 bits per heavy atom. The van der Waals surface area contributed by atoms with E-state index in [4.69, 9.17) is 4.74 Å². The lowest BCUT2D eigenvalue weighted by atomic mass is 10.3. The van der Waals surface area contributed by atoms with E-state index < -0.39 is 0 Å². The molecule has 0 aliphatic heterocycles. The zero-order valence-corrected chi connectivity index (χ0v) is 10.5. The number of hydrogen-bond donors (Lipinski definition) is 2. The molecule has 1 aromatic carbocycles. The molecule has 0 unspecified atom stereocenters. The van der Waals surface area contributed by atoms with Crippen molar-refractivity contribution in [3.8, 4) is 5.75 Å². The van der Waals surface area contributed by atoms with Crippen molar-refractivity contribution >= 4 is 21.6 Å². The number of benzene rings is 1. The predicted octanol–water partition coefficient (Wildman–Crippen LogP) is 3.40. The molecule has 16 heavy (non-hydrogen) atoms. The number of nitrogens with one attached hydrogen (secondary N) is 2. The Hall–Kier alpha value is -1.42. The van der Waals surface area contributed by atoms with Crippen LogP contribution in [0.25, 0.3) is 0 Å². The first-order valence-electron chi connectivity index (χ1n) is 4.99. The molecular weight excluding hydrogens is 268 g/mol. The van der Waals surface area contributed by atoms with Crippen LogP contribution >= 0.6 is 15.9 Å². The average Bonchev–Trinajstić information content (AvgIpc) is 2.79. The van der Waals surface area contributed by atoms with Gasteiger partial charge in [0.25, 0.3) is 0 Å². The van der Waals surface area contributed by atoms with Crippen molar-refractivity contribution in [3.63, 3.8) is 0 Å². The van der Waals surface area contributed by atoms with Gasteiger partial charge in [-0.15, -0.1) is 0 Å². The maximum absolute atomic E-state index is 5.28. The Balaban J connectivity index is 2.11. The number of rotatable bonds is 4. The highest BCUT2D eigenvalue weighted by Crippen LogP contribution is 2.28. The van der Waals surface area contributed by atoms with Gasteiger partial charge in [0.15, 0.2) is 0 Å². The quantitative estimate of drug-likeness (QED) is 0.901. The number of anilines is 1. The van der Waals surface area contributed by atoms with Crippen LogP contribution in [0.1, 0.15) is 5.69 Å². The van der Waals surface area contributed by atoms with Gasteiger partial charge in [0.2, 0.25) is 0 Å². The number of aromatic amines is 1. The first-order valence-corrected chi connectivity index (χ1v) is 5.78.